The topological polar surface area (TPSA) is 35.1 Å². The molecule has 0 radical (unpaired) electrons. The van der Waals surface area contributed by atoms with Crippen LogP contribution in [0.3, 0.4) is 0 Å². The number of benzene rings is 2. The molecule has 3 nitrogen and oxygen atoms in total. The van der Waals surface area contributed by atoms with Gasteiger partial charge in [-0.2, -0.15) is 0 Å². The second-order valence-electron chi connectivity index (χ2n) is 4.29. The van der Waals surface area contributed by atoms with Crippen molar-refractivity contribution in [3.63, 3.8) is 0 Å². The SMILES string of the molecule is O=c1oc2ccccc2n1CCSc1ccc(F)cc1. The minimum Gasteiger partial charge on any atom is -0.408 e. The summed E-state index contributed by atoms with van der Waals surface area (Å²) in [5.41, 5.74) is 1.40. The summed E-state index contributed by atoms with van der Waals surface area (Å²) in [6.07, 6.45) is 0. The van der Waals surface area contributed by atoms with Crippen molar-refractivity contribution in [2.24, 2.45) is 0 Å². The van der Waals surface area contributed by atoms with E-state index in [0.29, 0.717) is 12.1 Å². The van der Waals surface area contributed by atoms with E-state index < -0.39 is 0 Å². The lowest BCUT2D eigenvalue weighted by molar-refractivity contribution is 0.514. The van der Waals surface area contributed by atoms with Crippen LogP contribution in [0, 0.1) is 5.82 Å². The van der Waals surface area contributed by atoms with Gasteiger partial charge >= 0.3 is 5.76 Å². The molecule has 102 valence electrons. The fourth-order valence-corrected chi connectivity index (χ4v) is 2.85. The minimum atomic E-state index is -0.342. The van der Waals surface area contributed by atoms with Gasteiger partial charge in [-0.3, -0.25) is 4.57 Å². The minimum absolute atomic E-state index is 0.244. The summed E-state index contributed by atoms with van der Waals surface area (Å²) in [6.45, 7) is 0.553. The molecule has 0 aliphatic rings. The Labute approximate surface area is 119 Å². The van der Waals surface area contributed by atoms with Crippen LogP contribution in [0.2, 0.25) is 0 Å². The van der Waals surface area contributed by atoms with Crippen LogP contribution < -0.4 is 5.76 Å². The Morgan fingerprint density at radius 2 is 1.85 bits per heavy atom. The average molecular weight is 289 g/mol. The molecule has 0 aliphatic heterocycles. The number of oxazole rings is 1. The molecule has 0 saturated heterocycles. The van der Waals surface area contributed by atoms with Gasteiger partial charge in [0.25, 0.3) is 0 Å². The van der Waals surface area contributed by atoms with Crippen molar-refractivity contribution in [2.45, 2.75) is 11.4 Å². The molecule has 1 heterocycles. The zero-order valence-electron chi connectivity index (χ0n) is 10.6. The van der Waals surface area contributed by atoms with E-state index in [1.165, 1.54) is 12.1 Å². The van der Waals surface area contributed by atoms with Gasteiger partial charge in [0.05, 0.1) is 5.52 Å². The number of rotatable bonds is 4. The molecule has 20 heavy (non-hydrogen) atoms. The van der Waals surface area contributed by atoms with E-state index in [4.69, 9.17) is 4.42 Å². The summed E-state index contributed by atoms with van der Waals surface area (Å²) in [5, 5.41) is 0. The van der Waals surface area contributed by atoms with Gasteiger partial charge in [0.1, 0.15) is 5.82 Å². The molecule has 0 bridgehead atoms. The predicted molar refractivity (Wildman–Crippen MR) is 77.6 cm³/mol. The van der Waals surface area contributed by atoms with Gasteiger partial charge < -0.3 is 4.42 Å². The summed E-state index contributed by atoms with van der Waals surface area (Å²) in [6, 6.07) is 13.7. The number of nitrogens with zero attached hydrogens (tertiary/aromatic N) is 1. The highest BCUT2D eigenvalue weighted by molar-refractivity contribution is 7.99. The van der Waals surface area contributed by atoms with Crippen molar-refractivity contribution < 1.29 is 8.81 Å². The Balaban J connectivity index is 1.72. The van der Waals surface area contributed by atoms with E-state index in [0.717, 1.165) is 16.2 Å². The van der Waals surface area contributed by atoms with Crippen LogP contribution in [-0.2, 0) is 6.54 Å². The largest absolute Gasteiger partial charge is 0.419 e. The molecule has 0 saturated carbocycles. The second-order valence-corrected chi connectivity index (χ2v) is 5.46. The van der Waals surface area contributed by atoms with Crippen molar-refractivity contribution in [1.82, 2.24) is 4.57 Å². The Bertz CT molecular complexity index is 776. The first kappa shape index (κ1) is 13.0. The number of hydrogen-bond acceptors (Lipinski definition) is 3. The number of thioether (sulfide) groups is 1. The third-order valence-corrected chi connectivity index (χ3v) is 3.96. The van der Waals surface area contributed by atoms with Crippen molar-refractivity contribution in [2.75, 3.05) is 5.75 Å². The lowest BCUT2D eigenvalue weighted by Crippen LogP contribution is -2.15. The first-order chi connectivity index (χ1) is 9.74. The van der Waals surface area contributed by atoms with Crippen molar-refractivity contribution >= 4 is 22.9 Å². The normalized spacial score (nSPS) is 11.1. The standard InChI is InChI=1S/C15H12FNO2S/c16-11-5-7-12(8-6-11)20-10-9-17-13-3-1-2-4-14(13)19-15(17)18/h1-8H,9-10H2. The average Bonchev–Trinajstić information content (AvgIpc) is 2.77. The summed E-state index contributed by atoms with van der Waals surface area (Å²) >= 11 is 1.58. The maximum atomic E-state index is 12.8. The molecule has 0 unspecified atom stereocenters. The zero-order valence-corrected chi connectivity index (χ0v) is 11.4. The number of aromatic nitrogens is 1. The molecular weight excluding hydrogens is 277 g/mol. The number of hydrogen-bond donors (Lipinski definition) is 0. The maximum absolute atomic E-state index is 12.8. The molecular formula is C15H12FNO2S. The van der Waals surface area contributed by atoms with Gasteiger partial charge in [0, 0.05) is 17.2 Å². The van der Waals surface area contributed by atoms with E-state index >= 15 is 0 Å². The van der Waals surface area contributed by atoms with E-state index in [1.807, 2.05) is 18.2 Å². The molecule has 0 atom stereocenters. The fourth-order valence-electron chi connectivity index (χ4n) is 2.01. The van der Waals surface area contributed by atoms with Gasteiger partial charge in [-0.1, -0.05) is 12.1 Å². The lowest BCUT2D eigenvalue weighted by atomic mass is 10.3. The number of fused-ring (bicyclic) bond motifs is 1. The predicted octanol–water partition coefficient (Wildman–Crippen LogP) is 3.53. The molecule has 0 fully saturated rings. The number of halogens is 1. The number of para-hydroxylation sites is 2. The molecule has 0 aliphatic carbocycles. The van der Waals surface area contributed by atoms with E-state index in [9.17, 15) is 9.18 Å². The van der Waals surface area contributed by atoms with Crippen LogP contribution in [0.4, 0.5) is 4.39 Å². The Morgan fingerprint density at radius 3 is 2.65 bits per heavy atom. The Morgan fingerprint density at radius 1 is 1.10 bits per heavy atom. The highest BCUT2D eigenvalue weighted by Crippen LogP contribution is 2.19. The van der Waals surface area contributed by atoms with Crippen LogP contribution >= 0.6 is 11.8 Å². The summed E-state index contributed by atoms with van der Waals surface area (Å²) < 4.78 is 19.6. The van der Waals surface area contributed by atoms with Gasteiger partial charge in [0.2, 0.25) is 0 Å². The molecule has 0 spiro atoms. The zero-order chi connectivity index (χ0) is 13.9. The quantitative estimate of drug-likeness (QED) is 0.689. The highest BCUT2D eigenvalue weighted by Gasteiger charge is 2.07. The second kappa shape index (κ2) is 5.54. The molecule has 2 aromatic carbocycles. The molecule has 5 heteroatoms. The van der Waals surface area contributed by atoms with Crippen molar-refractivity contribution in [3.05, 3.63) is 64.9 Å². The maximum Gasteiger partial charge on any atom is 0.419 e. The molecule has 1 aromatic heterocycles. The monoisotopic (exact) mass is 289 g/mol. The van der Waals surface area contributed by atoms with Gasteiger partial charge in [0.15, 0.2) is 5.58 Å². The summed E-state index contributed by atoms with van der Waals surface area (Å²) in [7, 11) is 0. The van der Waals surface area contributed by atoms with Crippen LogP contribution in [0.15, 0.2) is 62.6 Å². The van der Waals surface area contributed by atoms with E-state index in [1.54, 1.807) is 34.5 Å². The highest BCUT2D eigenvalue weighted by atomic mass is 32.2. The molecule has 0 amide bonds. The van der Waals surface area contributed by atoms with Gasteiger partial charge in [-0.15, -0.1) is 11.8 Å². The lowest BCUT2D eigenvalue weighted by Gasteiger charge is -2.03. The van der Waals surface area contributed by atoms with Gasteiger partial charge in [-0.25, -0.2) is 9.18 Å². The van der Waals surface area contributed by atoms with Crippen LogP contribution in [-0.4, -0.2) is 10.3 Å². The van der Waals surface area contributed by atoms with E-state index in [-0.39, 0.29) is 11.6 Å². The van der Waals surface area contributed by atoms with Crippen LogP contribution in [0.1, 0.15) is 0 Å². The molecule has 3 rings (SSSR count). The summed E-state index contributed by atoms with van der Waals surface area (Å²) in [4.78, 5) is 12.7. The molecule has 0 N–H and O–H groups in total. The van der Waals surface area contributed by atoms with Gasteiger partial charge in [-0.05, 0) is 36.4 Å². The third kappa shape index (κ3) is 2.63. The smallest absolute Gasteiger partial charge is 0.408 e. The van der Waals surface area contributed by atoms with Crippen molar-refractivity contribution in [1.29, 1.82) is 0 Å². The Hall–Kier alpha value is -2.01. The molecule has 3 aromatic rings. The number of aryl methyl sites for hydroxylation is 1. The first-order valence-electron chi connectivity index (χ1n) is 6.21. The van der Waals surface area contributed by atoms with Crippen LogP contribution in [0.25, 0.3) is 11.1 Å². The summed E-state index contributed by atoms with van der Waals surface area (Å²) in [5.74, 6) is 0.131. The fraction of sp³-hybridized carbons (Fsp3) is 0.133. The van der Waals surface area contributed by atoms with E-state index in [2.05, 4.69) is 0 Å². The Kier molecular flexibility index (Phi) is 3.60. The third-order valence-electron chi connectivity index (χ3n) is 2.97. The first-order valence-corrected chi connectivity index (χ1v) is 7.19. The van der Waals surface area contributed by atoms with Crippen molar-refractivity contribution in [3.8, 4) is 0 Å². The van der Waals surface area contributed by atoms with Crippen LogP contribution in [0.5, 0.6) is 0 Å².